The molecule has 0 aliphatic carbocycles. The molecule has 2 aromatic heterocycles. The molecular formula is C21H23N5O2. The number of ether oxygens (including phenoxy) is 2. The molecule has 1 saturated heterocycles. The number of benzene rings is 1. The third-order valence-corrected chi connectivity index (χ3v) is 5.44. The van der Waals surface area contributed by atoms with Crippen molar-refractivity contribution in [3.63, 3.8) is 0 Å². The van der Waals surface area contributed by atoms with Gasteiger partial charge in [0.1, 0.15) is 12.4 Å². The van der Waals surface area contributed by atoms with E-state index in [4.69, 9.17) is 9.47 Å². The summed E-state index contributed by atoms with van der Waals surface area (Å²) in [7, 11) is 3.92. The number of hydrogen-bond acceptors (Lipinski definition) is 6. The predicted octanol–water partition coefficient (Wildman–Crippen LogP) is 2.75. The lowest BCUT2D eigenvalue weighted by atomic mass is 10.1. The molecule has 2 aliphatic heterocycles. The Balaban J connectivity index is 1.50. The van der Waals surface area contributed by atoms with Crippen LogP contribution in [-0.4, -0.2) is 51.9 Å². The number of imidazole rings is 1. The first-order valence-corrected chi connectivity index (χ1v) is 9.55. The van der Waals surface area contributed by atoms with Gasteiger partial charge in [0.15, 0.2) is 17.0 Å². The minimum atomic E-state index is -0.0737. The van der Waals surface area contributed by atoms with Gasteiger partial charge in [-0.25, -0.2) is 15.0 Å². The highest BCUT2D eigenvalue weighted by Gasteiger charge is 2.47. The molecule has 7 nitrogen and oxygen atoms in total. The van der Waals surface area contributed by atoms with Gasteiger partial charge in [-0.1, -0.05) is 42.5 Å². The SMILES string of the molecule is CN(C)c1ncnc2c1ncn2[C@H]1[C@H](OCc2ccccc2)[C@@H]2CC=C[C@H]1O2. The zero-order chi connectivity index (χ0) is 19.1. The second kappa shape index (κ2) is 7.00. The summed E-state index contributed by atoms with van der Waals surface area (Å²) in [5, 5.41) is 0. The Morgan fingerprint density at radius 3 is 2.86 bits per heavy atom. The quantitative estimate of drug-likeness (QED) is 0.637. The van der Waals surface area contributed by atoms with Gasteiger partial charge >= 0.3 is 0 Å². The smallest absolute Gasteiger partial charge is 0.165 e. The lowest BCUT2D eigenvalue weighted by molar-refractivity contribution is -0.0294. The molecule has 0 radical (unpaired) electrons. The van der Waals surface area contributed by atoms with Gasteiger partial charge in [0.05, 0.1) is 31.2 Å². The highest BCUT2D eigenvalue weighted by Crippen LogP contribution is 2.40. The molecule has 3 aromatic rings. The van der Waals surface area contributed by atoms with Crippen LogP contribution >= 0.6 is 0 Å². The normalized spacial score (nSPS) is 26.1. The summed E-state index contributed by atoms with van der Waals surface area (Å²) in [4.78, 5) is 15.5. The largest absolute Gasteiger partial charge is 0.369 e. The second-order valence-corrected chi connectivity index (χ2v) is 7.47. The Hall–Kier alpha value is -2.77. The molecule has 0 spiro atoms. The summed E-state index contributed by atoms with van der Waals surface area (Å²) in [6, 6.07) is 10.2. The van der Waals surface area contributed by atoms with Crippen molar-refractivity contribution in [1.82, 2.24) is 19.5 Å². The van der Waals surface area contributed by atoms with Crippen molar-refractivity contribution in [3.8, 4) is 0 Å². The van der Waals surface area contributed by atoms with Crippen molar-refractivity contribution >= 4 is 17.0 Å². The van der Waals surface area contributed by atoms with Crippen LogP contribution in [0.2, 0.25) is 0 Å². The van der Waals surface area contributed by atoms with Crippen molar-refractivity contribution in [2.24, 2.45) is 0 Å². The van der Waals surface area contributed by atoms with Gasteiger partial charge in [0.25, 0.3) is 0 Å². The first-order chi connectivity index (χ1) is 13.7. The second-order valence-electron chi connectivity index (χ2n) is 7.47. The summed E-state index contributed by atoms with van der Waals surface area (Å²) in [5.74, 6) is 0.808. The van der Waals surface area contributed by atoms with Crippen LogP contribution in [0.25, 0.3) is 11.2 Å². The molecule has 28 heavy (non-hydrogen) atoms. The lowest BCUT2D eigenvalue weighted by Crippen LogP contribution is -2.31. The highest BCUT2D eigenvalue weighted by atomic mass is 16.6. The number of aromatic nitrogens is 4. The van der Waals surface area contributed by atoms with Gasteiger partial charge in [0.2, 0.25) is 0 Å². The summed E-state index contributed by atoms with van der Waals surface area (Å²) >= 11 is 0. The molecule has 2 bridgehead atoms. The summed E-state index contributed by atoms with van der Waals surface area (Å²) in [6.07, 6.45) is 8.53. The first kappa shape index (κ1) is 17.3. The molecule has 0 unspecified atom stereocenters. The van der Waals surface area contributed by atoms with Crippen LogP contribution in [-0.2, 0) is 16.1 Å². The number of nitrogens with zero attached hydrogens (tertiary/aromatic N) is 5. The van der Waals surface area contributed by atoms with E-state index in [2.05, 4.69) is 43.8 Å². The summed E-state index contributed by atoms with van der Waals surface area (Å²) in [5.41, 5.74) is 2.75. The number of fused-ring (bicyclic) bond motifs is 3. The molecule has 144 valence electrons. The Morgan fingerprint density at radius 2 is 2.04 bits per heavy atom. The van der Waals surface area contributed by atoms with Gasteiger partial charge in [0, 0.05) is 14.1 Å². The van der Waals surface area contributed by atoms with E-state index >= 15 is 0 Å². The highest BCUT2D eigenvalue weighted by molar-refractivity contribution is 5.83. The van der Waals surface area contributed by atoms with Crippen molar-refractivity contribution in [3.05, 3.63) is 60.7 Å². The Morgan fingerprint density at radius 1 is 1.18 bits per heavy atom. The van der Waals surface area contributed by atoms with Gasteiger partial charge in [-0.05, 0) is 12.0 Å². The van der Waals surface area contributed by atoms with Crippen LogP contribution in [0.5, 0.6) is 0 Å². The maximum absolute atomic E-state index is 6.40. The van der Waals surface area contributed by atoms with E-state index in [0.29, 0.717) is 6.61 Å². The number of rotatable bonds is 5. The van der Waals surface area contributed by atoms with E-state index < -0.39 is 0 Å². The van der Waals surface area contributed by atoms with Crippen molar-refractivity contribution in [2.75, 3.05) is 19.0 Å². The third kappa shape index (κ3) is 2.87. The van der Waals surface area contributed by atoms with E-state index in [-0.39, 0.29) is 24.4 Å². The monoisotopic (exact) mass is 377 g/mol. The fourth-order valence-corrected chi connectivity index (χ4v) is 4.14. The van der Waals surface area contributed by atoms with Crippen LogP contribution < -0.4 is 4.90 Å². The average Bonchev–Trinajstić information content (AvgIpc) is 3.25. The van der Waals surface area contributed by atoms with Crippen molar-refractivity contribution in [2.45, 2.75) is 37.4 Å². The van der Waals surface area contributed by atoms with Crippen molar-refractivity contribution < 1.29 is 9.47 Å². The molecular weight excluding hydrogens is 354 g/mol. The van der Waals surface area contributed by atoms with Crippen molar-refractivity contribution in [1.29, 1.82) is 0 Å². The van der Waals surface area contributed by atoms with E-state index in [1.807, 2.05) is 43.5 Å². The maximum atomic E-state index is 6.40. The summed E-state index contributed by atoms with van der Waals surface area (Å²) < 4.78 is 14.7. The first-order valence-electron chi connectivity index (χ1n) is 9.55. The van der Waals surface area contributed by atoms with Gasteiger partial charge in [-0.15, -0.1) is 0 Å². The van der Waals surface area contributed by atoms with Crippen LogP contribution in [0.15, 0.2) is 55.1 Å². The molecule has 4 heterocycles. The Labute approximate surface area is 163 Å². The standard InChI is InChI=1S/C21H23N5O2/c1-25(2)20-17-21(23-12-22-20)26(13-24-17)18-15-9-6-10-16(28-15)19(18)27-11-14-7-4-3-5-8-14/h3-9,12-13,15-16,18-19H,10-11H2,1-2H3/t15-,16+,18-,19-/m1/s1. The van der Waals surface area contributed by atoms with Crippen LogP contribution in [0.1, 0.15) is 18.0 Å². The molecule has 5 rings (SSSR count). The molecule has 2 aliphatic rings. The molecule has 4 atom stereocenters. The zero-order valence-electron chi connectivity index (χ0n) is 16.0. The fourth-order valence-electron chi connectivity index (χ4n) is 4.14. The number of hydrogen-bond donors (Lipinski definition) is 0. The topological polar surface area (TPSA) is 65.3 Å². The minimum absolute atomic E-state index is 0.0117. The molecule has 0 saturated carbocycles. The minimum Gasteiger partial charge on any atom is -0.369 e. The van der Waals surface area contributed by atoms with Gasteiger partial charge < -0.3 is 18.9 Å². The average molecular weight is 377 g/mol. The Kier molecular flexibility index (Phi) is 4.33. The maximum Gasteiger partial charge on any atom is 0.165 e. The van der Waals surface area contributed by atoms with Crippen LogP contribution in [0, 0.1) is 0 Å². The zero-order valence-corrected chi connectivity index (χ0v) is 16.0. The molecule has 0 amide bonds. The lowest BCUT2D eigenvalue weighted by Gasteiger charge is -2.24. The predicted molar refractivity (Wildman–Crippen MR) is 106 cm³/mol. The van der Waals surface area contributed by atoms with E-state index in [0.717, 1.165) is 29.0 Å². The third-order valence-electron chi connectivity index (χ3n) is 5.44. The summed E-state index contributed by atoms with van der Waals surface area (Å²) in [6.45, 7) is 0.555. The number of anilines is 1. The van der Waals surface area contributed by atoms with Gasteiger partial charge in [-0.2, -0.15) is 0 Å². The van der Waals surface area contributed by atoms with E-state index in [1.165, 1.54) is 0 Å². The Bertz CT molecular complexity index is 1000. The molecule has 1 fully saturated rings. The van der Waals surface area contributed by atoms with E-state index in [9.17, 15) is 0 Å². The molecule has 1 aromatic carbocycles. The van der Waals surface area contributed by atoms with Crippen LogP contribution in [0.4, 0.5) is 5.82 Å². The fraction of sp³-hybridized carbons (Fsp3) is 0.381. The van der Waals surface area contributed by atoms with E-state index in [1.54, 1.807) is 6.33 Å². The molecule has 0 N–H and O–H groups in total. The van der Waals surface area contributed by atoms with Gasteiger partial charge in [-0.3, -0.25) is 0 Å². The van der Waals surface area contributed by atoms with Crippen LogP contribution in [0.3, 0.4) is 0 Å². The molecule has 7 heteroatoms.